The van der Waals surface area contributed by atoms with Gasteiger partial charge < -0.3 is 0 Å². The van der Waals surface area contributed by atoms with Crippen LogP contribution in [0.2, 0.25) is 0 Å². The van der Waals surface area contributed by atoms with Crippen molar-refractivity contribution in [1.29, 1.82) is 5.26 Å². The first-order valence-electron chi connectivity index (χ1n) is 5.34. The molecule has 1 rings (SSSR count). The third-order valence-electron chi connectivity index (χ3n) is 2.72. The van der Waals surface area contributed by atoms with E-state index < -0.39 is 7.44 Å². The lowest BCUT2D eigenvalue weighted by molar-refractivity contribution is 0.446. The molecule has 17 heavy (non-hydrogen) atoms. The first-order valence-corrected chi connectivity index (χ1v) is 7.13. The maximum absolute atomic E-state index is 12.7. The molecule has 4 nitrogen and oxygen atoms in total. The largest absolute Gasteiger partial charge is 0.288 e. The van der Waals surface area contributed by atoms with Crippen molar-refractivity contribution in [2.24, 2.45) is 0 Å². The average molecular weight is 251 g/mol. The molecular weight excluding hydrogens is 233 g/mol. The van der Waals surface area contributed by atoms with E-state index in [1.165, 1.54) is 0 Å². The highest BCUT2D eigenvalue weighted by molar-refractivity contribution is 7.58. The molecule has 0 atom stereocenters. The summed E-state index contributed by atoms with van der Waals surface area (Å²) in [6, 6.07) is 9.30. The molecule has 0 aromatic heterocycles. The van der Waals surface area contributed by atoms with Gasteiger partial charge in [0.1, 0.15) is 0 Å². The summed E-state index contributed by atoms with van der Waals surface area (Å²) in [6.07, 6.45) is 0.485. The third-order valence-corrected chi connectivity index (χ3v) is 6.00. The molecule has 0 bridgehead atoms. The van der Waals surface area contributed by atoms with E-state index in [1.54, 1.807) is 21.5 Å². The van der Waals surface area contributed by atoms with Crippen LogP contribution < -0.4 is 0 Å². The van der Waals surface area contributed by atoms with E-state index in [9.17, 15) is 4.57 Å². The molecule has 0 N–H and O–H groups in total. The van der Waals surface area contributed by atoms with Crippen molar-refractivity contribution in [3.05, 3.63) is 35.4 Å². The van der Waals surface area contributed by atoms with Crippen LogP contribution in [0.4, 0.5) is 0 Å². The quantitative estimate of drug-likeness (QED) is 0.771. The summed E-state index contributed by atoms with van der Waals surface area (Å²) in [7, 11) is 4.77. The van der Waals surface area contributed by atoms with Crippen LogP contribution in [0.15, 0.2) is 24.3 Å². The second-order valence-electron chi connectivity index (χ2n) is 4.33. The Morgan fingerprint density at radius 2 is 1.59 bits per heavy atom. The lowest BCUT2D eigenvalue weighted by Crippen LogP contribution is -2.22. The van der Waals surface area contributed by atoms with E-state index in [-0.39, 0.29) is 0 Å². The molecule has 0 unspecified atom stereocenters. The molecule has 0 fully saturated rings. The minimum atomic E-state index is -2.52. The fourth-order valence-corrected chi connectivity index (χ4v) is 3.53. The first-order chi connectivity index (χ1) is 7.90. The van der Waals surface area contributed by atoms with Gasteiger partial charge in [-0.1, -0.05) is 12.1 Å². The third kappa shape index (κ3) is 3.17. The SMILES string of the molecule is CN(C)P(=O)(Cc1ccc(C#N)cc1)N(C)C. The van der Waals surface area contributed by atoms with Crippen LogP contribution in [0.3, 0.4) is 0 Å². The molecule has 0 aliphatic rings. The van der Waals surface area contributed by atoms with Crippen LogP contribution in [0.25, 0.3) is 0 Å². The van der Waals surface area contributed by atoms with E-state index in [0.717, 1.165) is 5.56 Å². The summed E-state index contributed by atoms with van der Waals surface area (Å²) in [5.41, 5.74) is 1.60. The lowest BCUT2D eigenvalue weighted by Gasteiger charge is -2.30. The van der Waals surface area contributed by atoms with Gasteiger partial charge in [0.2, 0.25) is 7.44 Å². The molecule has 5 heteroatoms. The summed E-state index contributed by atoms with van der Waals surface area (Å²) in [5, 5.41) is 8.72. The second-order valence-corrected chi connectivity index (χ2v) is 7.57. The molecule has 92 valence electrons. The highest BCUT2D eigenvalue weighted by atomic mass is 31.2. The van der Waals surface area contributed by atoms with Crippen molar-refractivity contribution in [1.82, 2.24) is 9.34 Å². The van der Waals surface area contributed by atoms with Gasteiger partial charge in [-0.25, -0.2) is 9.34 Å². The van der Waals surface area contributed by atoms with Crippen molar-refractivity contribution in [3.8, 4) is 6.07 Å². The Kier molecular flexibility index (Phi) is 4.47. The Labute approximate surface area is 103 Å². The predicted octanol–water partition coefficient (Wildman–Crippen LogP) is 2.37. The summed E-state index contributed by atoms with van der Waals surface area (Å²) >= 11 is 0. The summed E-state index contributed by atoms with van der Waals surface area (Å²) < 4.78 is 16.3. The van der Waals surface area contributed by atoms with Gasteiger partial charge in [-0.3, -0.25) is 4.57 Å². The van der Waals surface area contributed by atoms with Crippen molar-refractivity contribution in [3.63, 3.8) is 0 Å². The van der Waals surface area contributed by atoms with E-state index >= 15 is 0 Å². The van der Waals surface area contributed by atoms with E-state index in [0.29, 0.717) is 11.7 Å². The second kappa shape index (κ2) is 5.46. The number of rotatable bonds is 4. The topological polar surface area (TPSA) is 47.3 Å². The van der Waals surface area contributed by atoms with Gasteiger partial charge in [0.25, 0.3) is 0 Å². The highest BCUT2D eigenvalue weighted by Gasteiger charge is 2.27. The smallest absolute Gasteiger partial charge is 0.219 e. The van der Waals surface area contributed by atoms with Crippen molar-refractivity contribution >= 4 is 7.44 Å². The first kappa shape index (κ1) is 13.9. The molecule has 0 saturated carbocycles. The van der Waals surface area contributed by atoms with Crippen LogP contribution in [0, 0.1) is 11.3 Å². The maximum atomic E-state index is 12.7. The number of hydrogen-bond acceptors (Lipinski definition) is 2. The molecule has 0 aliphatic heterocycles. The highest BCUT2D eigenvalue weighted by Crippen LogP contribution is 2.52. The number of hydrogen-bond donors (Lipinski definition) is 0. The van der Waals surface area contributed by atoms with Gasteiger partial charge in [-0.15, -0.1) is 0 Å². The van der Waals surface area contributed by atoms with Gasteiger partial charge in [0.15, 0.2) is 0 Å². The summed E-state index contributed by atoms with van der Waals surface area (Å²) in [6.45, 7) is 0. The molecule has 0 radical (unpaired) electrons. The van der Waals surface area contributed by atoms with Gasteiger partial charge in [-0.2, -0.15) is 5.26 Å². The van der Waals surface area contributed by atoms with Crippen LogP contribution in [0.1, 0.15) is 11.1 Å². The van der Waals surface area contributed by atoms with Crippen molar-refractivity contribution < 1.29 is 4.57 Å². The Hall–Kier alpha value is -1.14. The average Bonchev–Trinajstić information content (AvgIpc) is 2.29. The van der Waals surface area contributed by atoms with Crippen LogP contribution in [0.5, 0.6) is 0 Å². The van der Waals surface area contributed by atoms with Gasteiger partial charge in [0.05, 0.1) is 17.8 Å². The number of nitriles is 1. The molecular formula is C12H18N3OP. The zero-order chi connectivity index (χ0) is 13.1. The number of benzene rings is 1. The Morgan fingerprint density at radius 3 is 1.94 bits per heavy atom. The molecule has 1 aromatic rings. The Balaban J connectivity index is 2.96. The monoisotopic (exact) mass is 251 g/mol. The Bertz CT molecular complexity index is 448. The molecule has 1 aromatic carbocycles. The lowest BCUT2D eigenvalue weighted by atomic mass is 10.2. The van der Waals surface area contributed by atoms with Crippen LogP contribution in [-0.4, -0.2) is 37.5 Å². The van der Waals surface area contributed by atoms with Crippen molar-refractivity contribution in [2.45, 2.75) is 6.16 Å². The van der Waals surface area contributed by atoms with Crippen LogP contribution >= 0.6 is 7.44 Å². The predicted molar refractivity (Wildman–Crippen MR) is 69.8 cm³/mol. The van der Waals surface area contributed by atoms with E-state index in [4.69, 9.17) is 5.26 Å². The number of nitrogens with zero attached hydrogens (tertiary/aromatic N) is 3. The van der Waals surface area contributed by atoms with Crippen molar-refractivity contribution in [2.75, 3.05) is 28.2 Å². The molecule has 0 spiro atoms. The van der Waals surface area contributed by atoms with Crippen LogP contribution in [-0.2, 0) is 10.7 Å². The standard InChI is InChI=1S/C12H18N3OP/c1-14(2)17(16,15(3)4)10-12-7-5-11(9-13)6-8-12/h5-8H,10H2,1-4H3. The summed E-state index contributed by atoms with van der Waals surface area (Å²) in [4.78, 5) is 0. The zero-order valence-corrected chi connectivity index (χ0v) is 11.6. The normalized spacial score (nSPS) is 11.8. The minimum absolute atomic E-state index is 0.485. The molecule has 0 heterocycles. The van der Waals surface area contributed by atoms with Gasteiger partial charge >= 0.3 is 0 Å². The van der Waals surface area contributed by atoms with E-state index in [1.807, 2.05) is 40.3 Å². The molecule has 0 saturated heterocycles. The fraction of sp³-hybridized carbons (Fsp3) is 0.417. The van der Waals surface area contributed by atoms with Gasteiger partial charge in [-0.05, 0) is 45.9 Å². The Morgan fingerprint density at radius 1 is 1.12 bits per heavy atom. The molecule has 0 aliphatic carbocycles. The summed E-state index contributed by atoms with van der Waals surface area (Å²) in [5.74, 6) is 0. The van der Waals surface area contributed by atoms with E-state index in [2.05, 4.69) is 6.07 Å². The van der Waals surface area contributed by atoms with Gasteiger partial charge in [0, 0.05) is 0 Å². The fourth-order valence-electron chi connectivity index (χ4n) is 1.56. The molecule has 0 amide bonds. The minimum Gasteiger partial charge on any atom is -0.288 e. The maximum Gasteiger partial charge on any atom is 0.219 e. The zero-order valence-electron chi connectivity index (χ0n) is 10.7.